The number of phenols is 1. The van der Waals surface area contributed by atoms with Gasteiger partial charge in [-0.05, 0) is 134 Å². The van der Waals surface area contributed by atoms with Gasteiger partial charge in [0.15, 0.2) is 0 Å². The minimum absolute atomic E-state index is 0. The van der Waals surface area contributed by atoms with Crippen LogP contribution in [0.3, 0.4) is 0 Å². The molecule has 7 N–H and O–H groups in total. The predicted molar refractivity (Wildman–Crippen MR) is 223 cm³/mol. The van der Waals surface area contributed by atoms with Gasteiger partial charge in [0.1, 0.15) is 22.7 Å². The van der Waals surface area contributed by atoms with Crippen molar-refractivity contribution in [2.75, 3.05) is 11.5 Å². The molecule has 20 heteroatoms. The summed E-state index contributed by atoms with van der Waals surface area (Å²) in [5.74, 6) is -1.60. The molecular weight excluding hydrogens is 803 g/mol. The fourth-order valence-corrected chi connectivity index (χ4v) is 6.08. The maximum Gasteiger partial charge on any atom is 0.339 e. The minimum atomic E-state index is -4.29. The van der Waals surface area contributed by atoms with Crippen molar-refractivity contribution in [1.29, 1.82) is 0 Å². The summed E-state index contributed by atoms with van der Waals surface area (Å²) in [6.07, 6.45) is 0. The number of hydrogen-bond acceptors (Lipinski definition) is 15. The molecule has 0 saturated heterocycles. The number of nitrogen functional groups attached to an aromatic ring is 2. The van der Waals surface area contributed by atoms with Crippen molar-refractivity contribution in [3.05, 3.63) is 132 Å². The zero-order valence-corrected chi connectivity index (χ0v) is 36.8. The second-order valence-corrected chi connectivity index (χ2v) is 14.3. The van der Waals surface area contributed by atoms with Gasteiger partial charge in [0, 0.05) is 68.9 Å². The van der Waals surface area contributed by atoms with Crippen LogP contribution in [-0.4, -0.2) is 88.3 Å². The molecule has 0 saturated carbocycles. The number of nitrogens with zero attached hydrogens (tertiary/aromatic N) is 8. The van der Waals surface area contributed by atoms with Gasteiger partial charge >= 0.3 is 5.97 Å². The summed E-state index contributed by atoms with van der Waals surface area (Å²) in [6, 6.07) is 32.5. The topological polar surface area (TPSA) is 263 Å². The molecule has 0 amide bonds. The molecule has 0 aromatic heterocycles. The SMILES string of the molecule is Cc1cc(N=Nc2ccc(Sc3ccc(N=Nc4ccc(O)c(C(=O)O)c4)cc3)cc2)c(N)c(N=Nc2ccc(N=Nc3ccc(S(=O)(=O)O)cc3)cc2)c1N.[Na].[Na]. The smallest absolute Gasteiger partial charge is 0.339 e. The standard InChI is InChI=1S/C38H30N10O6S2.2Na/c1-22-20-33(36(40)37(35(22)39)48-45-24-4-2-23(3-5-24)41-42-27-10-17-31(18-11-27)56(52,53)54)47-44-26-8-15-30(16-9-26)55-29-13-6-25(7-14-29)43-46-28-12-19-34(49)32(21-28)38(50)51;;/h2-21,49H,39-40H2,1H3,(H,50,51)(H,52,53,54);;. The molecule has 0 atom stereocenters. The monoisotopic (exact) mass is 832 g/mol. The summed E-state index contributed by atoms with van der Waals surface area (Å²) < 4.78 is 31.5. The molecule has 2 radical (unpaired) electrons. The molecule has 0 spiro atoms. The molecule has 16 nitrogen and oxygen atoms in total. The third-order valence-corrected chi connectivity index (χ3v) is 9.65. The maximum absolute atomic E-state index is 11.2. The maximum atomic E-state index is 11.2. The van der Waals surface area contributed by atoms with Crippen LogP contribution in [0.4, 0.5) is 56.9 Å². The summed E-state index contributed by atoms with van der Waals surface area (Å²) in [4.78, 5) is 12.9. The summed E-state index contributed by atoms with van der Waals surface area (Å²) in [6.45, 7) is 1.80. The van der Waals surface area contributed by atoms with Crippen molar-refractivity contribution in [3.63, 3.8) is 0 Å². The van der Waals surface area contributed by atoms with Gasteiger partial charge in [-0.1, -0.05) is 11.8 Å². The number of benzene rings is 6. The Kier molecular flexibility index (Phi) is 16.1. The number of aryl methyl sites for hydroxylation is 1. The van der Waals surface area contributed by atoms with E-state index in [0.717, 1.165) is 9.79 Å². The number of rotatable bonds is 12. The van der Waals surface area contributed by atoms with Gasteiger partial charge in [-0.2, -0.15) is 39.1 Å². The average Bonchev–Trinajstić information content (AvgIpc) is 3.19. The zero-order valence-electron chi connectivity index (χ0n) is 31.2. The first-order valence-corrected chi connectivity index (χ1v) is 18.6. The van der Waals surface area contributed by atoms with Crippen LogP contribution < -0.4 is 11.5 Å². The van der Waals surface area contributed by atoms with Crippen LogP contribution in [-0.2, 0) is 10.1 Å². The molecular formula is C38H30N10Na2O6S2. The van der Waals surface area contributed by atoms with Crippen LogP contribution in [0, 0.1) is 6.92 Å². The van der Waals surface area contributed by atoms with Crippen molar-refractivity contribution in [3.8, 4) is 5.75 Å². The first kappa shape index (κ1) is 45.6. The van der Waals surface area contributed by atoms with Crippen molar-refractivity contribution in [2.24, 2.45) is 40.9 Å². The molecule has 0 bridgehead atoms. The summed E-state index contributed by atoms with van der Waals surface area (Å²) in [5.41, 5.74) is 17.2. The van der Waals surface area contributed by atoms with Crippen LogP contribution in [0.5, 0.6) is 5.75 Å². The van der Waals surface area contributed by atoms with Gasteiger partial charge in [-0.3, -0.25) is 4.55 Å². The van der Waals surface area contributed by atoms with Gasteiger partial charge in [-0.15, -0.1) is 10.2 Å². The third kappa shape index (κ3) is 12.2. The van der Waals surface area contributed by atoms with Gasteiger partial charge in [0.05, 0.1) is 50.4 Å². The predicted octanol–water partition coefficient (Wildman–Crippen LogP) is 10.9. The number of carboxylic acid groups (broad SMARTS) is 1. The van der Waals surface area contributed by atoms with E-state index in [1.165, 1.54) is 54.2 Å². The first-order valence-electron chi connectivity index (χ1n) is 16.3. The Bertz CT molecular complexity index is 2650. The zero-order chi connectivity index (χ0) is 39.8. The average molecular weight is 833 g/mol. The fourth-order valence-electron chi connectivity index (χ4n) is 4.78. The van der Waals surface area contributed by atoms with Crippen LogP contribution in [0.2, 0.25) is 0 Å². The molecule has 0 unspecified atom stereocenters. The Balaban J connectivity index is 0.00000372. The van der Waals surface area contributed by atoms with Gasteiger partial charge in [0.2, 0.25) is 0 Å². The van der Waals surface area contributed by atoms with E-state index in [0.29, 0.717) is 51.1 Å². The molecule has 58 heavy (non-hydrogen) atoms. The molecule has 0 aliphatic carbocycles. The molecule has 0 aliphatic rings. The Morgan fingerprint density at radius 3 is 1.43 bits per heavy atom. The van der Waals surface area contributed by atoms with Crippen LogP contribution in [0.15, 0.2) is 177 Å². The van der Waals surface area contributed by atoms with Crippen LogP contribution in [0.25, 0.3) is 0 Å². The van der Waals surface area contributed by atoms with E-state index in [2.05, 4.69) is 40.9 Å². The van der Waals surface area contributed by atoms with Crippen molar-refractivity contribution in [2.45, 2.75) is 21.6 Å². The van der Waals surface area contributed by atoms with Crippen LogP contribution in [0.1, 0.15) is 15.9 Å². The van der Waals surface area contributed by atoms with E-state index in [1.54, 1.807) is 49.4 Å². The van der Waals surface area contributed by atoms with E-state index in [-0.39, 0.29) is 86.7 Å². The number of carboxylic acids is 1. The molecule has 0 heterocycles. The Hall–Kier alpha value is -5.15. The second-order valence-electron chi connectivity index (χ2n) is 11.8. The molecule has 0 aliphatic heterocycles. The van der Waals surface area contributed by atoms with E-state index in [9.17, 15) is 23.4 Å². The minimum Gasteiger partial charge on any atom is -0.507 e. The number of nitrogens with two attached hydrogens (primary N) is 2. The Morgan fingerprint density at radius 1 is 0.569 bits per heavy atom. The van der Waals surface area contributed by atoms with Gasteiger partial charge in [-0.25, -0.2) is 4.79 Å². The Morgan fingerprint density at radius 2 is 0.966 bits per heavy atom. The molecule has 6 aromatic carbocycles. The Labute approximate surface area is 380 Å². The first-order chi connectivity index (χ1) is 26.8. The number of azo groups is 4. The number of anilines is 2. The van der Waals surface area contributed by atoms with E-state index < -0.39 is 16.1 Å². The normalized spacial score (nSPS) is 11.6. The molecule has 6 rings (SSSR count). The van der Waals surface area contributed by atoms with E-state index in [1.807, 2.05) is 36.4 Å². The molecule has 6 aromatic rings. The number of carbonyl (C=O) groups is 1. The molecule has 282 valence electrons. The third-order valence-electron chi connectivity index (χ3n) is 7.77. The summed E-state index contributed by atoms with van der Waals surface area (Å²) in [5, 5.41) is 52.5. The molecule has 0 fully saturated rings. The number of hydrogen-bond donors (Lipinski definition) is 5. The largest absolute Gasteiger partial charge is 0.507 e. The van der Waals surface area contributed by atoms with Crippen LogP contribution >= 0.6 is 11.8 Å². The van der Waals surface area contributed by atoms with Gasteiger partial charge < -0.3 is 21.7 Å². The van der Waals surface area contributed by atoms with Gasteiger partial charge in [0.25, 0.3) is 10.1 Å². The summed E-state index contributed by atoms with van der Waals surface area (Å²) >= 11 is 1.53. The van der Waals surface area contributed by atoms with Crippen molar-refractivity contribution >= 4 is 144 Å². The summed E-state index contributed by atoms with van der Waals surface area (Å²) in [7, 11) is -4.29. The second kappa shape index (κ2) is 20.5. The van der Waals surface area contributed by atoms with E-state index >= 15 is 0 Å². The van der Waals surface area contributed by atoms with E-state index in [4.69, 9.17) is 16.0 Å². The fraction of sp³-hybridized carbons (Fsp3) is 0.0263. The van der Waals surface area contributed by atoms with Crippen molar-refractivity contribution in [1.82, 2.24) is 0 Å². The quantitative estimate of drug-likeness (QED) is 0.0339. The number of aromatic hydroxyl groups is 1. The number of aromatic carboxylic acids is 1. The van der Waals surface area contributed by atoms with Crippen molar-refractivity contribution < 1.29 is 28.0 Å².